The Kier molecular flexibility index (Phi) is 5.35. The number of thioether (sulfide) groups is 1. The molecule has 5 heteroatoms. The van der Waals surface area contributed by atoms with Gasteiger partial charge in [-0.15, -0.1) is 11.8 Å². The minimum atomic E-state index is -0.788. The zero-order valence-electron chi connectivity index (χ0n) is 11.6. The smallest absolute Gasteiger partial charge is 0.326 e. The molecule has 0 amide bonds. The maximum Gasteiger partial charge on any atom is 0.326 e. The van der Waals surface area contributed by atoms with Gasteiger partial charge in [-0.2, -0.15) is 0 Å². The zero-order valence-corrected chi connectivity index (χ0v) is 13.2. The number of methoxy groups -OCH3 is 1. The third kappa shape index (κ3) is 3.48. The van der Waals surface area contributed by atoms with Gasteiger partial charge in [0, 0.05) is 9.92 Å². The highest BCUT2D eigenvalue weighted by molar-refractivity contribution is 7.99. The van der Waals surface area contributed by atoms with Crippen LogP contribution in [-0.4, -0.2) is 24.4 Å². The summed E-state index contributed by atoms with van der Waals surface area (Å²) in [5.74, 6) is 0.871. The van der Waals surface area contributed by atoms with Crippen LogP contribution in [0.1, 0.15) is 25.7 Å². The van der Waals surface area contributed by atoms with E-state index in [9.17, 15) is 4.79 Å². The van der Waals surface area contributed by atoms with Crippen molar-refractivity contribution in [3.63, 3.8) is 0 Å². The van der Waals surface area contributed by atoms with Crippen LogP contribution in [0.5, 0.6) is 0 Å². The second kappa shape index (κ2) is 6.83. The van der Waals surface area contributed by atoms with E-state index in [1.807, 2.05) is 24.3 Å². The Balaban J connectivity index is 1.89. The summed E-state index contributed by atoms with van der Waals surface area (Å²) < 4.78 is 4.86. The summed E-state index contributed by atoms with van der Waals surface area (Å²) in [6.07, 6.45) is 3.65. The molecule has 3 nitrogen and oxygen atoms in total. The second-order valence-electron chi connectivity index (χ2n) is 5.22. The van der Waals surface area contributed by atoms with Crippen LogP contribution in [0.2, 0.25) is 5.02 Å². The first-order chi connectivity index (χ1) is 9.56. The molecule has 0 aliphatic heterocycles. The number of hydrogen-bond donors (Lipinski definition) is 1. The van der Waals surface area contributed by atoms with E-state index in [0.29, 0.717) is 0 Å². The summed E-state index contributed by atoms with van der Waals surface area (Å²) >= 11 is 7.71. The van der Waals surface area contributed by atoms with Crippen LogP contribution in [0.3, 0.4) is 0 Å². The lowest BCUT2D eigenvalue weighted by Crippen LogP contribution is -2.51. The Bertz CT molecular complexity index is 483. The molecule has 0 saturated heterocycles. The predicted octanol–water partition coefficient (Wildman–Crippen LogP) is 3.49. The Morgan fingerprint density at radius 3 is 3.10 bits per heavy atom. The van der Waals surface area contributed by atoms with E-state index in [-0.39, 0.29) is 11.9 Å². The summed E-state index contributed by atoms with van der Waals surface area (Å²) in [5, 5.41) is 0.749. The minimum Gasteiger partial charge on any atom is -0.468 e. The lowest BCUT2D eigenvalue weighted by Gasteiger charge is -2.28. The molecule has 2 N–H and O–H groups in total. The Labute approximate surface area is 129 Å². The molecular weight excluding hydrogens is 294 g/mol. The largest absolute Gasteiger partial charge is 0.468 e. The molecule has 2 unspecified atom stereocenters. The SMILES string of the molecule is COC(=O)C1(N)CCCC1CCSc1cccc(Cl)c1. The molecule has 1 aromatic carbocycles. The summed E-state index contributed by atoms with van der Waals surface area (Å²) in [5.41, 5.74) is 5.47. The van der Waals surface area contributed by atoms with E-state index in [1.165, 1.54) is 7.11 Å². The Hall–Kier alpha value is -0.710. The topological polar surface area (TPSA) is 52.3 Å². The van der Waals surface area contributed by atoms with Gasteiger partial charge >= 0.3 is 5.97 Å². The number of rotatable bonds is 5. The number of hydrogen-bond acceptors (Lipinski definition) is 4. The molecule has 1 saturated carbocycles. The van der Waals surface area contributed by atoms with Gasteiger partial charge in [0.05, 0.1) is 7.11 Å². The highest BCUT2D eigenvalue weighted by atomic mass is 35.5. The summed E-state index contributed by atoms with van der Waals surface area (Å²) in [7, 11) is 1.41. The third-order valence-corrected chi connectivity index (χ3v) is 5.23. The molecule has 0 aromatic heterocycles. The molecule has 0 radical (unpaired) electrons. The van der Waals surface area contributed by atoms with Gasteiger partial charge in [-0.1, -0.05) is 24.1 Å². The molecule has 2 rings (SSSR count). The molecule has 2 atom stereocenters. The fourth-order valence-electron chi connectivity index (χ4n) is 2.84. The van der Waals surface area contributed by atoms with Crippen LogP contribution in [0.4, 0.5) is 0 Å². The predicted molar refractivity (Wildman–Crippen MR) is 83.1 cm³/mol. The van der Waals surface area contributed by atoms with Gasteiger partial charge in [0.25, 0.3) is 0 Å². The van der Waals surface area contributed by atoms with Crippen LogP contribution >= 0.6 is 23.4 Å². The average Bonchev–Trinajstić information content (AvgIpc) is 2.81. The van der Waals surface area contributed by atoms with Crippen LogP contribution in [-0.2, 0) is 9.53 Å². The van der Waals surface area contributed by atoms with Crippen molar-refractivity contribution in [1.82, 2.24) is 0 Å². The minimum absolute atomic E-state index is 0.210. The van der Waals surface area contributed by atoms with Crippen molar-refractivity contribution < 1.29 is 9.53 Å². The van der Waals surface area contributed by atoms with Gasteiger partial charge in [-0.3, -0.25) is 4.79 Å². The van der Waals surface area contributed by atoms with Crippen molar-refractivity contribution in [2.45, 2.75) is 36.1 Å². The van der Waals surface area contributed by atoms with Crippen molar-refractivity contribution in [2.24, 2.45) is 11.7 Å². The molecule has 1 fully saturated rings. The molecule has 1 aliphatic rings. The van der Waals surface area contributed by atoms with Crippen molar-refractivity contribution in [3.8, 4) is 0 Å². The quantitative estimate of drug-likeness (QED) is 0.668. The van der Waals surface area contributed by atoms with Crippen molar-refractivity contribution >= 4 is 29.3 Å². The highest BCUT2D eigenvalue weighted by Gasteiger charge is 2.46. The van der Waals surface area contributed by atoms with E-state index in [1.54, 1.807) is 11.8 Å². The van der Waals surface area contributed by atoms with E-state index >= 15 is 0 Å². The van der Waals surface area contributed by atoms with Crippen molar-refractivity contribution in [2.75, 3.05) is 12.9 Å². The zero-order chi connectivity index (χ0) is 14.6. The number of ether oxygens (including phenoxy) is 1. The van der Waals surface area contributed by atoms with Gasteiger partial charge in [0.2, 0.25) is 0 Å². The lowest BCUT2D eigenvalue weighted by molar-refractivity contribution is -0.148. The Morgan fingerprint density at radius 2 is 2.40 bits per heavy atom. The molecule has 0 bridgehead atoms. The highest BCUT2D eigenvalue weighted by Crippen LogP contribution is 2.38. The summed E-state index contributed by atoms with van der Waals surface area (Å²) in [6, 6.07) is 7.81. The molecule has 1 aromatic rings. The number of halogens is 1. The van der Waals surface area contributed by atoms with Gasteiger partial charge in [-0.05, 0) is 49.1 Å². The first-order valence-electron chi connectivity index (χ1n) is 6.82. The molecular formula is C15H20ClNO2S. The Morgan fingerprint density at radius 1 is 1.60 bits per heavy atom. The van der Waals surface area contributed by atoms with Crippen LogP contribution in [0.25, 0.3) is 0 Å². The van der Waals surface area contributed by atoms with Crippen molar-refractivity contribution in [3.05, 3.63) is 29.3 Å². The maximum atomic E-state index is 11.9. The fraction of sp³-hybridized carbons (Fsp3) is 0.533. The monoisotopic (exact) mass is 313 g/mol. The summed E-state index contributed by atoms with van der Waals surface area (Å²) in [4.78, 5) is 13.0. The summed E-state index contributed by atoms with van der Waals surface area (Å²) in [6.45, 7) is 0. The fourth-order valence-corrected chi connectivity index (χ4v) is 4.12. The van der Waals surface area contributed by atoms with Crippen LogP contribution < -0.4 is 5.73 Å². The molecule has 0 spiro atoms. The first kappa shape index (κ1) is 15.7. The standard InChI is InChI=1S/C15H20ClNO2S/c1-19-14(18)15(17)8-3-4-11(15)7-9-20-13-6-2-5-12(16)10-13/h2,5-6,10-11H,3-4,7-9,17H2,1H3. The number of esters is 1. The van der Waals surface area contributed by atoms with Gasteiger partial charge in [-0.25, -0.2) is 0 Å². The van der Waals surface area contributed by atoms with E-state index in [2.05, 4.69) is 0 Å². The van der Waals surface area contributed by atoms with Crippen LogP contribution in [0, 0.1) is 5.92 Å². The lowest BCUT2D eigenvalue weighted by atomic mass is 9.86. The number of carbonyl (C=O) groups is 1. The molecule has 110 valence electrons. The van der Waals surface area contributed by atoms with Gasteiger partial charge < -0.3 is 10.5 Å². The molecule has 1 aliphatic carbocycles. The molecule has 20 heavy (non-hydrogen) atoms. The second-order valence-corrected chi connectivity index (χ2v) is 6.82. The number of carbonyl (C=O) groups excluding carboxylic acids is 1. The van der Waals surface area contributed by atoms with Crippen molar-refractivity contribution in [1.29, 1.82) is 0 Å². The van der Waals surface area contributed by atoms with E-state index in [0.717, 1.165) is 41.4 Å². The van der Waals surface area contributed by atoms with E-state index in [4.69, 9.17) is 22.1 Å². The van der Waals surface area contributed by atoms with Crippen LogP contribution in [0.15, 0.2) is 29.2 Å². The normalized spacial score (nSPS) is 25.6. The van der Waals surface area contributed by atoms with Gasteiger partial charge in [0.15, 0.2) is 0 Å². The molecule has 0 heterocycles. The first-order valence-corrected chi connectivity index (χ1v) is 8.18. The number of nitrogens with two attached hydrogens (primary N) is 1. The van der Waals surface area contributed by atoms with E-state index < -0.39 is 5.54 Å². The maximum absolute atomic E-state index is 11.9. The number of benzene rings is 1. The third-order valence-electron chi connectivity index (χ3n) is 3.97. The average molecular weight is 314 g/mol. The van der Waals surface area contributed by atoms with Gasteiger partial charge in [0.1, 0.15) is 5.54 Å².